The molecule has 69 heavy (non-hydrogen) atoms. The fourth-order valence-electron chi connectivity index (χ4n) is 6.46. The highest BCUT2D eigenvalue weighted by Gasteiger charge is 2.38. The molecule has 6 aromatic rings. The van der Waals surface area contributed by atoms with Crippen LogP contribution in [0, 0.1) is 27.7 Å². The molecule has 3 N–H and O–H groups in total. The Balaban J connectivity index is 0.000000258. The topological polar surface area (TPSA) is 201 Å². The second-order valence-corrected chi connectivity index (χ2v) is 19.7. The van der Waals surface area contributed by atoms with Crippen molar-refractivity contribution in [2.75, 3.05) is 22.9 Å². The van der Waals surface area contributed by atoms with Crippen LogP contribution in [0.1, 0.15) is 65.7 Å². The minimum absolute atomic E-state index is 0.0323. The summed E-state index contributed by atoms with van der Waals surface area (Å²) in [5.41, 5.74) is -2.81. The molecular formula is C42H34Cl4F6N6O9S2+2. The molecule has 0 aliphatic carbocycles. The molecule has 0 aliphatic rings. The summed E-state index contributed by atoms with van der Waals surface area (Å²) in [6.07, 6.45) is -4.95. The van der Waals surface area contributed by atoms with Crippen molar-refractivity contribution in [2.45, 2.75) is 49.8 Å². The lowest BCUT2D eigenvalue weighted by molar-refractivity contribution is -0.908. The number of alkyl halides is 6. The molecule has 366 valence electrons. The van der Waals surface area contributed by atoms with Crippen LogP contribution in [-0.2, 0) is 37.1 Å². The Morgan fingerprint density at radius 1 is 0.681 bits per heavy atom. The first-order valence-electron chi connectivity index (χ1n) is 19.0. The summed E-state index contributed by atoms with van der Waals surface area (Å²) in [7, 11) is -8.21. The summed E-state index contributed by atoms with van der Waals surface area (Å²) < 4.78 is 142. The van der Waals surface area contributed by atoms with Crippen LogP contribution in [0.15, 0.2) is 95.2 Å². The van der Waals surface area contributed by atoms with Gasteiger partial charge in [0.2, 0.25) is 35.3 Å². The van der Waals surface area contributed by atoms with E-state index in [0.717, 1.165) is 55.9 Å². The monoisotopic (exact) mass is 1080 g/mol. The Labute approximate surface area is 409 Å². The number of carbonyl (C=O) groups excluding carboxylic acids is 2. The number of hydrogen-bond donors (Lipinski definition) is 3. The smallest absolute Gasteiger partial charge is 0.363 e. The molecule has 0 unspecified atom stereocenters. The molecule has 0 atom stereocenters. The molecular weight excluding hydrogens is 1050 g/mol. The molecule has 27 heteroatoms. The van der Waals surface area contributed by atoms with Crippen LogP contribution >= 0.6 is 46.4 Å². The largest absolute Gasteiger partial charge is 0.417 e. The number of aromatic nitrogens is 4. The van der Waals surface area contributed by atoms with E-state index in [1.165, 1.54) is 38.4 Å². The van der Waals surface area contributed by atoms with E-state index in [2.05, 4.69) is 14.7 Å². The predicted octanol–water partition coefficient (Wildman–Crippen LogP) is 9.16. The fraction of sp³-hybridized carbons (Fsp3) is 0.190. The van der Waals surface area contributed by atoms with Crippen LogP contribution in [-0.4, -0.2) is 62.6 Å². The van der Waals surface area contributed by atoms with Gasteiger partial charge in [0, 0.05) is 54.9 Å². The van der Waals surface area contributed by atoms with Gasteiger partial charge in [-0.05, 0) is 73.5 Å². The number of rotatable bonds is 12. The number of nitrogens with one attached hydrogen (secondary N) is 1. The van der Waals surface area contributed by atoms with Crippen LogP contribution in [0.2, 0.25) is 20.1 Å². The molecule has 0 spiro atoms. The van der Waals surface area contributed by atoms with Gasteiger partial charge in [-0.15, -0.1) is 0 Å². The van der Waals surface area contributed by atoms with Crippen molar-refractivity contribution in [2.24, 2.45) is 0 Å². The number of nitrogens with zero attached hydrogens (tertiary/aromatic N) is 5. The SMILES string of the molecule is COCN(c1cc(Cl)cnc1C(=O)c1c(C)cc[n+](O)c1C)S(=O)(=O)c1ccc(Cl)c(C(F)(F)F)c1.Cc1cc[n+](O)c(C)c1C(=O)c1ncc(Cl)cc1NS(=O)(=O)c1ccc(Cl)c(C(F)(F)F)c1. The number of aryl methyl sites for hydroxylation is 2. The van der Waals surface area contributed by atoms with Gasteiger partial charge >= 0.3 is 12.4 Å². The molecule has 4 heterocycles. The van der Waals surface area contributed by atoms with E-state index in [-0.39, 0.29) is 55.3 Å². The van der Waals surface area contributed by atoms with E-state index < -0.39 is 81.7 Å². The predicted molar refractivity (Wildman–Crippen MR) is 237 cm³/mol. The van der Waals surface area contributed by atoms with Gasteiger partial charge < -0.3 is 4.74 Å². The van der Waals surface area contributed by atoms with Gasteiger partial charge in [-0.2, -0.15) is 26.3 Å². The molecule has 0 aliphatic heterocycles. The average molecular weight is 1090 g/mol. The number of pyridine rings is 4. The number of halogens is 10. The van der Waals surface area contributed by atoms with Crippen molar-refractivity contribution in [3.8, 4) is 0 Å². The highest BCUT2D eigenvalue weighted by atomic mass is 35.5. The summed E-state index contributed by atoms with van der Waals surface area (Å²) in [6, 6.07) is 9.32. The number of ketones is 2. The van der Waals surface area contributed by atoms with Crippen LogP contribution in [0.5, 0.6) is 0 Å². The number of anilines is 2. The van der Waals surface area contributed by atoms with Crippen molar-refractivity contribution in [3.63, 3.8) is 0 Å². The normalized spacial score (nSPS) is 12.0. The number of ether oxygens (including phenoxy) is 1. The summed E-state index contributed by atoms with van der Waals surface area (Å²) >= 11 is 23.2. The summed E-state index contributed by atoms with van der Waals surface area (Å²) in [5, 5.41) is 18.5. The van der Waals surface area contributed by atoms with E-state index in [1.807, 2.05) is 0 Å². The zero-order chi connectivity index (χ0) is 51.7. The van der Waals surface area contributed by atoms with E-state index in [1.54, 1.807) is 13.8 Å². The molecule has 0 amide bonds. The van der Waals surface area contributed by atoms with Crippen molar-refractivity contribution < 1.29 is 77.4 Å². The van der Waals surface area contributed by atoms with Crippen molar-refractivity contribution in [1.82, 2.24) is 9.97 Å². The Kier molecular flexibility index (Phi) is 16.2. The van der Waals surface area contributed by atoms with Gasteiger partial charge in [-0.3, -0.25) is 24.7 Å². The maximum Gasteiger partial charge on any atom is 0.417 e. The molecule has 2 aromatic carbocycles. The first kappa shape index (κ1) is 54.1. The van der Waals surface area contributed by atoms with Gasteiger partial charge in [-0.25, -0.2) is 31.1 Å². The Morgan fingerprint density at radius 3 is 1.59 bits per heavy atom. The minimum Gasteiger partial charge on any atom is -0.363 e. The molecule has 4 aromatic heterocycles. The number of benzene rings is 2. The van der Waals surface area contributed by atoms with Crippen molar-refractivity contribution in [3.05, 3.63) is 162 Å². The average Bonchev–Trinajstić information content (AvgIpc) is 3.25. The van der Waals surface area contributed by atoms with Gasteiger partial charge in [0.1, 0.15) is 18.1 Å². The van der Waals surface area contributed by atoms with E-state index in [4.69, 9.17) is 51.1 Å². The van der Waals surface area contributed by atoms with Crippen molar-refractivity contribution in [1.29, 1.82) is 0 Å². The van der Waals surface area contributed by atoms with Crippen LogP contribution in [0.3, 0.4) is 0 Å². The fourth-order valence-corrected chi connectivity index (χ4v) is 9.70. The molecule has 0 saturated heterocycles. The second-order valence-electron chi connectivity index (χ2n) is 14.5. The molecule has 6 rings (SSSR count). The lowest BCUT2D eigenvalue weighted by Gasteiger charge is -2.25. The van der Waals surface area contributed by atoms with Crippen LogP contribution in [0.25, 0.3) is 0 Å². The molecule has 0 fully saturated rings. The lowest BCUT2D eigenvalue weighted by Crippen LogP contribution is -2.37. The van der Waals surface area contributed by atoms with Crippen molar-refractivity contribution >= 4 is 89.4 Å². The maximum absolute atomic E-state index is 13.5. The Bertz CT molecular complexity index is 3260. The summed E-state index contributed by atoms with van der Waals surface area (Å²) in [6.45, 7) is 5.44. The van der Waals surface area contributed by atoms with E-state index in [9.17, 15) is 63.2 Å². The number of sulfonamides is 2. The molecule has 0 radical (unpaired) electrons. The van der Waals surface area contributed by atoms with E-state index in [0.29, 0.717) is 37.0 Å². The first-order chi connectivity index (χ1) is 31.9. The first-order valence-corrected chi connectivity index (χ1v) is 23.5. The highest BCUT2D eigenvalue weighted by molar-refractivity contribution is 7.93. The molecule has 0 saturated carbocycles. The zero-order valence-electron chi connectivity index (χ0n) is 35.9. The number of methoxy groups -OCH3 is 1. The van der Waals surface area contributed by atoms with Gasteiger partial charge in [0.15, 0.2) is 0 Å². The summed E-state index contributed by atoms with van der Waals surface area (Å²) in [5.74, 6) is -1.50. The zero-order valence-corrected chi connectivity index (χ0v) is 40.5. The third-order valence-corrected chi connectivity index (χ3v) is 14.0. The second kappa shape index (κ2) is 20.6. The maximum atomic E-state index is 13.5. The van der Waals surface area contributed by atoms with E-state index >= 15 is 0 Å². The van der Waals surface area contributed by atoms with Gasteiger partial charge in [-0.1, -0.05) is 46.4 Å². The Morgan fingerprint density at radius 2 is 1.12 bits per heavy atom. The quantitative estimate of drug-likeness (QED) is 0.0347. The summed E-state index contributed by atoms with van der Waals surface area (Å²) in [4.78, 5) is 33.1. The van der Waals surface area contributed by atoms with Gasteiger partial charge in [0.05, 0.1) is 63.5 Å². The third kappa shape index (κ3) is 11.8. The van der Waals surface area contributed by atoms with Gasteiger partial charge in [0.25, 0.3) is 20.0 Å². The minimum atomic E-state index is -4.92. The van der Waals surface area contributed by atoms with Crippen LogP contribution < -0.4 is 18.5 Å². The molecule has 0 bridgehead atoms. The highest BCUT2D eigenvalue weighted by Crippen LogP contribution is 2.39. The lowest BCUT2D eigenvalue weighted by atomic mass is 10.0. The molecule has 15 nitrogen and oxygen atoms in total. The third-order valence-electron chi connectivity index (χ3n) is 9.85. The van der Waals surface area contributed by atoms with Crippen LogP contribution in [0.4, 0.5) is 37.7 Å². The standard InChI is InChI=1S/C22H19Cl2F3N3O5S.C20H14Cl2F3N3O4S/c1-12-6-7-29(32)13(2)19(12)21(31)20-18(8-14(23)10-28-20)30(11-35-3)36(33,34)15-4-5-17(24)16(9-15)22(25,26)27;1-10-5-6-28(30)11(2)17(10)19(29)18-16(7-12(21)9-26-18)27-33(31,32)13-3-4-15(22)14(8-13)20(23,24)25/h4-10,32H,11H2,1-3H3;3-9H,1-2H3,(H-,27,29,30)/q+1;/p+1. The number of hydrogen-bond acceptors (Lipinski definition) is 11. The Hall–Kier alpha value is -5.82. The number of carbonyl (C=O) groups is 2.